The van der Waals surface area contributed by atoms with Crippen LogP contribution in [0.15, 0.2) is 24.4 Å². The van der Waals surface area contributed by atoms with Crippen molar-refractivity contribution in [2.24, 2.45) is 5.92 Å². The maximum absolute atomic E-state index is 15.0. The first-order chi connectivity index (χ1) is 14.6. The van der Waals surface area contributed by atoms with Crippen LogP contribution in [0.25, 0.3) is 0 Å². The summed E-state index contributed by atoms with van der Waals surface area (Å²) in [4.78, 5) is 15.9. The number of aromatic nitrogens is 1. The number of nitrogens with zero attached hydrogens (tertiary/aromatic N) is 2. The van der Waals surface area contributed by atoms with E-state index in [-0.39, 0.29) is 35.0 Å². The van der Waals surface area contributed by atoms with Gasteiger partial charge in [-0.05, 0) is 42.2 Å². The van der Waals surface area contributed by atoms with E-state index in [4.69, 9.17) is 5.73 Å². The zero-order chi connectivity index (χ0) is 22.4. The first-order valence-corrected chi connectivity index (χ1v) is 9.29. The van der Waals surface area contributed by atoms with Crippen molar-refractivity contribution in [3.05, 3.63) is 52.5 Å². The Morgan fingerprint density at radius 3 is 2.68 bits per heavy atom. The number of alkyl halides is 3. The highest BCUT2D eigenvalue weighted by Crippen LogP contribution is 2.45. The number of carbonyl (C=O) groups is 1. The molecule has 2 aliphatic rings. The molecule has 1 aromatic heterocycles. The van der Waals surface area contributed by atoms with Gasteiger partial charge in [-0.15, -0.1) is 0 Å². The summed E-state index contributed by atoms with van der Waals surface area (Å²) >= 11 is 0. The highest BCUT2D eigenvalue weighted by atomic mass is 19.4. The number of urea groups is 1. The van der Waals surface area contributed by atoms with E-state index in [2.05, 4.69) is 22.1 Å². The fourth-order valence-corrected chi connectivity index (χ4v) is 3.39. The lowest BCUT2D eigenvalue weighted by Crippen LogP contribution is -2.59. The fourth-order valence-electron chi connectivity index (χ4n) is 3.39. The minimum Gasteiger partial charge on any atom is -0.383 e. The van der Waals surface area contributed by atoms with Crippen LogP contribution in [0.4, 0.5) is 33.9 Å². The molecule has 1 unspecified atom stereocenters. The van der Waals surface area contributed by atoms with Gasteiger partial charge in [-0.25, -0.2) is 14.2 Å². The van der Waals surface area contributed by atoms with E-state index in [1.807, 2.05) is 11.4 Å². The molecular weight excluding hydrogens is 414 g/mol. The van der Waals surface area contributed by atoms with Crippen molar-refractivity contribution < 1.29 is 22.4 Å². The number of fused-ring (bicyclic) bond motifs is 1. The van der Waals surface area contributed by atoms with E-state index >= 15 is 0 Å². The number of carbonyl (C=O) groups excluding carboxylic acids is 1. The number of benzene rings is 1. The number of pyridine rings is 1. The number of nitriles is 1. The number of hydrogen-bond acceptors (Lipinski definition) is 4. The molecule has 31 heavy (non-hydrogen) atoms. The van der Waals surface area contributed by atoms with Crippen molar-refractivity contribution in [2.75, 3.05) is 11.1 Å². The Hall–Kier alpha value is -3.79. The maximum Gasteiger partial charge on any atom is 0.427 e. The number of nitrogens with one attached hydrogen (secondary N) is 2. The molecule has 2 heterocycles. The quantitative estimate of drug-likeness (QED) is 0.502. The van der Waals surface area contributed by atoms with Gasteiger partial charge in [-0.2, -0.15) is 18.4 Å². The van der Waals surface area contributed by atoms with E-state index in [0.717, 1.165) is 12.1 Å². The zero-order valence-corrected chi connectivity index (χ0v) is 15.9. The van der Waals surface area contributed by atoms with Crippen molar-refractivity contribution in [3.63, 3.8) is 0 Å². The van der Waals surface area contributed by atoms with Crippen molar-refractivity contribution in [1.82, 2.24) is 10.3 Å². The van der Waals surface area contributed by atoms with Crippen LogP contribution < -0.4 is 16.4 Å². The third-order valence-electron chi connectivity index (χ3n) is 5.17. The lowest BCUT2D eigenvalue weighted by molar-refractivity contribution is -0.178. The van der Waals surface area contributed by atoms with Crippen LogP contribution in [0.3, 0.4) is 0 Å². The molecule has 0 spiro atoms. The summed E-state index contributed by atoms with van der Waals surface area (Å²) in [6.45, 7) is 0. The predicted molar refractivity (Wildman–Crippen MR) is 103 cm³/mol. The largest absolute Gasteiger partial charge is 0.427 e. The summed E-state index contributed by atoms with van der Waals surface area (Å²) in [5.41, 5.74) is 2.29. The highest BCUT2D eigenvalue weighted by molar-refractivity contribution is 5.95. The first-order valence-electron chi connectivity index (χ1n) is 9.29. The van der Waals surface area contributed by atoms with Gasteiger partial charge in [0.1, 0.15) is 17.7 Å². The third-order valence-corrected chi connectivity index (χ3v) is 5.17. The molecule has 6 nitrogen and oxygen atoms in total. The number of amides is 2. The van der Waals surface area contributed by atoms with Crippen LogP contribution >= 0.6 is 0 Å². The Morgan fingerprint density at radius 2 is 2.03 bits per heavy atom. The van der Waals surface area contributed by atoms with E-state index < -0.39 is 29.1 Å². The second kappa shape index (κ2) is 7.17. The molecule has 158 valence electrons. The van der Waals surface area contributed by atoms with Gasteiger partial charge < -0.3 is 16.4 Å². The number of rotatable bonds is 2. The molecule has 1 saturated carbocycles. The lowest BCUT2D eigenvalue weighted by Gasteiger charge is -2.37. The number of nitrogen functional groups attached to an aromatic ring is 1. The smallest absolute Gasteiger partial charge is 0.383 e. The van der Waals surface area contributed by atoms with Crippen LogP contribution in [-0.2, 0) is 12.0 Å². The van der Waals surface area contributed by atoms with Crippen molar-refractivity contribution in [1.29, 1.82) is 5.26 Å². The summed E-state index contributed by atoms with van der Waals surface area (Å²) in [6.07, 6.45) is -2.41. The molecule has 4 N–H and O–H groups in total. The number of hydrogen-bond donors (Lipinski definition) is 3. The minimum absolute atomic E-state index is 0.0192. The maximum atomic E-state index is 15.0. The Kier molecular flexibility index (Phi) is 4.74. The normalized spacial score (nSPS) is 19.9. The average molecular weight is 429 g/mol. The van der Waals surface area contributed by atoms with Crippen LogP contribution in [-0.4, -0.2) is 17.2 Å². The molecule has 1 aromatic carbocycles. The predicted octanol–water partition coefficient (Wildman–Crippen LogP) is 3.57. The molecule has 1 fully saturated rings. The summed E-state index contributed by atoms with van der Waals surface area (Å²) in [5, 5.41) is 13.4. The SMILES string of the molecule is N#Cc1c(Cc2cc3c(cc2F)C(C#CC2CC2)(C(F)(F)F)NC(=O)N3)ccnc1N. The molecule has 1 aliphatic heterocycles. The van der Waals surface area contributed by atoms with Gasteiger partial charge in [-0.1, -0.05) is 11.8 Å². The topological polar surface area (TPSA) is 104 Å². The fraction of sp³-hybridized carbons (Fsp3) is 0.286. The number of nitrogens with two attached hydrogens (primary N) is 1. The zero-order valence-electron chi connectivity index (χ0n) is 15.9. The molecule has 0 saturated heterocycles. The number of anilines is 2. The van der Waals surface area contributed by atoms with E-state index in [0.29, 0.717) is 18.4 Å². The molecule has 10 heteroatoms. The van der Waals surface area contributed by atoms with Gasteiger partial charge in [0.05, 0.1) is 5.56 Å². The van der Waals surface area contributed by atoms with E-state index in [9.17, 15) is 27.6 Å². The molecule has 2 aromatic rings. The van der Waals surface area contributed by atoms with Gasteiger partial charge in [0.2, 0.25) is 5.54 Å². The minimum atomic E-state index is -4.98. The molecule has 2 amide bonds. The van der Waals surface area contributed by atoms with Crippen LogP contribution in [0, 0.1) is 34.9 Å². The van der Waals surface area contributed by atoms with Crippen molar-refractivity contribution in [3.8, 4) is 17.9 Å². The van der Waals surface area contributed by atoms with Crippen LogP contribution in [0.1, 0.15) is 35.1 Å². The van der Waals surface area contributed by atoms with E-state index in [1.54, 1.807) is 0 Å². The Balaban J connectivity index is 1.83. The molecule has 4 rings (SSSR count). The van der Waals surface area contributed by atoms with Crippen LogP contribution in [0.5, 0.6) is 0 Å². The summed E-state index contributed by atoms with van der Waals surface area (Å²) in [6, 6.07) is 4.10. The summed E-state index contributed by atoms with van der Waals surface area (Å²) in [5.74, 6) is 3.56. The van der Waals surface area contributed by atoms with E-state index in [1.165, 1.54) is 12.3 Å². The third kappa shape index (κ3) is 3.61. The Bertz CT molecular complexity index is 1190. The number of halogens is 4. The molecular formula is C21H15F4N5O. The second-order valence-corrected chi connectivity index (χ2v) is 7.38. The monoisotopic (exact) mass is 429 g/mol. The molecule has 0 radical (unpaired) electrons. The van der Waals surface area contributed by atoms with Gasteiger partial charge in [0, 0.05) is 29.8 Å². The Morgan fingerprint density at radius 1 is 1.29 bits per heavy atom. The highest BCUT2D eigenvalue weighted by Gasteiger charge is 2.59. The van der Waals surface area contributed by atoms with Gasteiger partial charge in [-0.3, -0.25) is 0 Å². The summed E-state index contributed by atoms with van der Waals surface area (Å²) < 4.78 is 57.3. The molecule has 1 atom stereocenters. The average Bonchev–Trinajstić information content (AvgIpc) is 3.51. The van der Waals surface area contributed by atoms with Crippen molar-refractivity contribution >= 4 is 17.5 Å². The first kappa shape index (κ1) is 20.5. The van der Waals surface area contributed by atoms with Crippen LogP contribution in [0.2, 0.25) is 0 Å². The lowest BCUT2D eigenvalue weighted by atomic mass is 9.85. The molecule has 0 bridgehead atoms. The standard InChI is InChI=1S/C21H15F4N5O/c22-16-9-15-17(8-13(16)7-12-4-6-28-18(27)14(12)10-26)29-19(31)30-20(15,21(23,24)25)5-3-11-1-2-11/h4,6,8-9,11H,1-2,7H2,(H2,27,28)(H2,29,30,31). The Labute approximate surface area is 174 Å². The van der Waals surface area contributed by atoms with Crippen molar-refractivity contribution in [2.45, 2.75) is 31.0 Å². The second-order valence-electron chi connectivity index (χ2n) is 7.38. The van der Waals surface area contributed by atoms with Gasteiger partial charge in [0.15, 0.2) is 0 Å². The van der Waals surface area contributed by atoms with Gasteiger partial charge in [0.25, 0.3) is 0 Å². The summed E-state index contributed by atoms with van der Waals surface area (Å²) in [7, 11) is 0. The van der Waals surface area contributed by atoms with Gasteiger partial charge >= 0.3 is 12.2 Å². The molecule has 1 aliphatic carbocycles.